The predicted octanol–water partition coefficient (Wildman–Crippen LogP) is 2.57. The molecule has 2 rings (SSSR count). The molecule has 0 aromatic rings. The molecule has 0 bridgehead atoms. The van der Waals surface area contributed by atoms with Crippen molar-refractivity contribution >= 4 is 0 Å². The summed E-state index contributed by atoms with van der Waals surface area (Å²) in [5, 5.41) is 3.47. The number of hydrogen-bond acceptors (Lipinski definition) is 1. The van der Waals surface area contributed by atoms with Gasteiger partial charge in [0.15, 0.2) is 0 Å². The van der Waals surface area contributed by atoms with Gasteiger partial charge in [-0.25, -0.2) is 0 Å². The second-order valence-corrected chi connectivity index (χ2v) is 4.77. The Morgan fingerprint density at radius 2 is 2.25 bits per heavy atom. The molecule has 70 valence electrons. The third-order valence-electron chi connectivity index (χ3n) is 4.05. The lowest BCUT2D eigenvalue weighted by atomic mass is 9.62. The third kappa shape index (κ3) is 1.52. The van der Waals surface area contributed by atoms with Crippen LogP contribution in [0.25, 0.3) is 0 Å². The minimum atomic E-state index is 0.788. The van der Waals surface area contributed by atoms with Crippen LogP contribution in [0.5, 0.6) is 0 Å². The van der Waals surface area contributed by atoms with E-state index in [4.69, 9.17) is 0 Å². The van der Waals surface area contributed by atoms with E-state index < -0.39 is 0 Å². The number of nitrogens with one attached hydrogen (secondary N) is 1. The summed E-state index contributed by atoms with van der Waals surface area (Å²) < 4.78 is 0. The van der Waals surface area contributed by atoms with Gasteiger partial charge in [0.05, 0.1) is 0 Å². The molecule has 0 aromatic heterocycles. The molecule has 1 nitrogen and oxygen atoms in total. The average molecular weight is 167 g/mol. The van der Waals surface area contributed by atoms with Crippen LogP contribution in [-0.4, -0.2) is 13.1 Å². The van der Waals surface area contributed by atoms with Gasteiger partial charge in [-0.3, -0.25) is 0 Å². The van der Waals surface area contributed by atoms with Crippen LogP contribution in [0, 0.1) is 11.3 Å². The molecule has 1 saturated carbocycles. The van der Waals surface area contributed by atoms with E-state index in [0.717, 1.165) is 11.3 Å². The van der Waals surface area contributed by atoms with Gasteiger partial charge in [-0.05, 0) is 50.1 Å². The summed E-state index contributed by atoms with van der Waals surface area (Å²) >= 11 is 0. The van der Waals surface area contributed by atoms with Crippen molar-refractivity contribution in [3.05, 3.63) is 0 Å². The maximum atomic E-state index is 3.47. The Hall–Kier alpha value is -0.0400. The van der Waals surface area contributed by atoms with E-state index in [-0.39, 0.29) is 0 Å². The Morgan fingerprint density at radius 3 is 2.67 bits per heavy atom. The summed E-state index contributed by atoms with van der Waals surface area (Å²) in [7, 11) is 0. The second kappa shape index (κ2) is 3.37. The lowest BCUT2D eigenvalue weighted by Gasteiger charge is -2.43. The van der Waals surface area contributed by atoms with Gasteiger partial charge in [0.2, 0.25) is 0 Å². The molecule has 0 aromatic carbocycles. The van der Waals surface area contributed by atoms with Crippen molar-refractivity contribution in [1.82, 2.24) is 5.32 Å². The maximum absolute atomic E-state index is 3.47. The van der Waals surface area contributed by atoms with Crippen molar-refractivity contribution in [2.75, 3.05) is 13.1 Å². The van der Waals surface area contributed by atoms with E-state index in [1.165, 1.54) is 51.6 Å². The Balaban J connectivity index is 1.83. The molecule has 0 amide bonds. The highest BCUT2D eigenvalue weighted by Crippen LogP contribution is 2.49. The summed E-state index contributed by atoms with van der Waals surface area (Å²) in [6.45, 7) is 4.94. The van der Waals surface area contributed by atoms with E-state index in [0.29, 0.717) is 0 Å². The quantitative estimate of drug-likeness (QED) is 0.681. The molecule has 1 heterocycles. The van der Waals surface area contributed by atoms with Crippen molar-refractivity contribution < 1.29 is 0 Å². The highest BCUT2D eigenvalue weighted by molar-refractivity contribution is 4.90. The molecular weight excluding hydrogens is 146 g/mol. The lowest BCUT2D eigenvalue weighted by Crippen LogP contribution is -2.31. The monoisotopic (exact) mass is 167 g/mol. The van der Waals surface area contributed by atoms with Gasteiger partial charge in [0, 0.05) is 0 Å². The summed E-state index contributed by atoms with van der Waals surface area (Å²) in [6.07, 6.45) is 8.88. The fourth-order valence-electron chi connectivity index (χ4n) is 2.88. The van der Waals surface area contributed by atoms with E-state index in [1.54, 1.807) is 0 Å². The summed E-state index contributed by atoms with van der Waals surface area (Å²) in [6, 6.07) is 0. The van der Waals surface area contributed by atoms with Crippen LogP contribution in [0.1, 0.15) is 45.4 Å². The van der Waals surface area contributed by atoms with Gasteiger partial charge in [-0.2, -0.15) is 0 Å². The van der Waals surface area contributed by atoms with Crippen molar-refractivity contribution in [3.8, 4) is 0 Å². The minimum Gasteiger partial charge on any atom is -0.316 e. The van der Waals surface area contributed by atoms with Crippen LogP contribution in [0.2, 0.25) is 0 Å². The Bertz CT molecular complexity index is 138. The van der Waals surface area contributed by atoms with Crippen molar-refractivity contribution in [2.45, 2.75) is 45.4 Å². The van der Waals surface area contributed by atoms with Crippen LogP contribution < -0.4 is 5.32 Å². The zero-order valence-corrected chi connectivity index (χ0v) is 8.23. The molecule has 0 spiro atoms. The average Bonchev–Trinajstić information content (AvgIpc) is 2.49. The van der Waals surface area contributed by atoms with E-state index in [9.17, 15) is 0 Å². The molecule has 1 saturated heterocycles. The molecule has 1 atom stereocenters. The highest BCUT2D eigenvalue weighted by atomic mass is 14.9. The molecule has 1 aliphatic heterocycles. The molecular formula is C11H21N. The summed E-state index contributed by atoms with van der Waals surface area (Å²) in [5.74, 6) is 1.00. The first-order valence-corrected chi connectivity index (χ1v) is 5.55. The molecule has 1 unspecified atom stereocenters. The first-order chi connectivity index (χ1) is 5.85. The van der Waals surface area contributed by atoms with E-state index in [2.05, 4.69) is 12.2 Å². The van der Waals surface area contributed by atoms with Crippen molar-refractivity contribution in [3.63, 3.8) is 0 Å². The number of hydrogen-bond donors (Lipinski definition) is 1. The normalized spacial score (nSPS) is 33.2. The van der Waals surface area contributed by atoms with Crippen LogP contribution in [0.15, 0.2) is 0 Å². The maximum Gasteiger partial charge on any atom is -0.00198 e. The predicted molar refractivity (Wildman–Crippen MR) is 52.2 cm³/mol. The van der Waals surface area contributed by atoms with Gasteiger partial charge in [-0.1, -0.05) is 19.8 Å². The zero-order chi connectivity index (χ0) is 8.44. The van der Waals surface area contributed by atoms with Gasteiger partial charge in [-0.15, -0.1) is 0 Å². The van der Waals surface area contributed by atoms with Gasteiger partial charge < -0.3 is 5.32 Å². The molecule has 2 fully saturated rings. The molecule has 1 heteroatoms. The fourth-order valence-corrected chi connectivity index (χ4v) is 2.88. The lowest BCUT2D eigenvalue weighted by molar-refractivity contribution is 0.0913. The highest BCUT2D eigenvalue weighted by Gasteiger charge is 2.37. The Morgan fingerprint density at radius 1 is 1.42 bits per heavy atom. The molecule has 1 N–H and O–H groups in total. The van der Waals surface area contributed by atoms with Gasteiger partial charge >= 0.3 is 0 Å². The molecule has 2 aliphatic rings. The van der Waals surface area contributed by atoms with Crippen molar-refractivity contribution in [2.24, 2.45) is 11.3 Å². The molecule has 12 heavy (non-hydrogen) atoms. The van der Waals surface area contributed by atoms with Crippen LogP contribution in [0.3, 0.4) is 0 Å². The first-order valence-electron chi connectivity index (χ1n) is 5.55. The largest absolute Gasteiger partial charge is 0.316 e. The molecule has 0 radical (unpaired) electrons. The Labute approximate surface area is 75.9 Å². The SMILES string of the molecule is CCC1(CC2CCNC2)CCC1. The smallest absolute Gasteiger partial charge is 0.00198 e. The van der Waals surface area contributed by atoms with Crippen LogP contribution in [-0.2, 0) is 0 Å². The van der Waals surface area contributed by atoms with E-state index in [1.807, 2.05) is 0 Å². The fraction of sp³-hybridized carbons (Fsp3) is 1.00. The third-order valence-corrected chi connectivity index (χ3v) is 4.05. The first kappa shape index (κ1) is 8.55. The minimum absolute atomic E-state index is 0.788. The summed E-state index contributed by atoms with van der Waals surface area (Å²) in [5.41, 5.74) is 0.788. The Kier molecular flexibility index (Phi) is 2.40. The summed E-state index contributed by atoms with van der Waals surface area (Å²) in [4.78, 5) is 0. The zero-order valence-electron chi connectivity index (χ0n) is 8.23. The second-order valence-electron chi connectivity index (χ2n) is 4.77. The molecule has 1 aliphatic carbocycles. The van der Waals surface area contributed by atoms with Crippen LogP contribution >= 0.6 is 0 Å². The number of rotatable bonds is 3. The van der Waals surface area contributed by atoms with Crippen LogP contribution in [0.4, 0.5) is 0 Å². The topological polar surface area (TPSA) is 12.0 Å². The van der Waals surface area contributed by atoms with Crippen molar-refractivity contribution in [1.29, 1.82) is 0 Å². The van der Waals surface area contributed by atoms with Gasteiger partial charge in [0.1, 0.15) is 0 Å². The van der Waals surface area contributed by atoms with Gasteiger partial charge in [0.25, 0.3) is 0 Å². The van der Waals surface area contributed by atoms with E-state index >= 15 is 0 Å². The standard InChI is InChI=1S/C11H21N/c1-2-11(5-3-6-11)8-10-4-7-12-9-10/h10,12H,2-9H2,1H3.